The van der Waals surface area contributed by atoms with Crippen LogP contribution in [0.4, 0.5) is 4.39 Å². The van der Waals surface area contributed by atoms with Crippen LogP contribution in [0.15, 0.2) is 53.9 Å². The smallest absolute Gasteiger partial charge is 0.188 e. The number of sulfone groups is 1. The Kier molecular flexibility index (Phi) is 5.57. The van der Waals surface area contributed by atoms with Crippen molar-refractivity contribution in [2.45, 2.75) is 30.4 Å². The summed E-state index contributed by atoms with van der Waals surface area (Å²) in [7, 11) is -0.970. The van der Waals surface area contributed by atoms with Gasteiger partial charge in [-0.1, -0.05) is 0 Å². The summed E-state index contributed by atoms with van der Waals surface area (Å²) < 4.78 is 52.6. The highest BCUT2D eigenvalue weighted by molar-refractivity contribution is 7.92. The lowest BCUT2D eigenvalue weighted by Crippen LogP contribution is -2.28. The van der Waals surface area contributed by atoms with Crippen molar-refractivity contribution < 1.29 is 22.3 Å². The number of ether oxygens (including phenoxy) is 2. The maximum Gasteiger partial charge on any atom is 0.188 e. The Bertz CT molecular complexity index is 1450. The van der Waals surface area contributed by atoms with Crippen molar-refractivity contribution >= 4 is 15.5 Å². The number of halogens is 1. The van der Waals surface area contributed by atoms with E-state index in [0.29, 0.717) is 28.3 Å². The highest BCUT2D eigenvalue weighted by atomic mass is 32.2. The molecule has 8 nitrogen and oxygen atoms in total. The van der Waals surface area contributed by atoms with Crippen molar-refractivity contribution in [2.24, 2.45) is 0 Å². The number of methoxy groups -OCH3 is 2. The summed E-state index contributed by atoms with van der Waals surface area (Å²) in [6.07, 6.45) is 6.10. The molecular weight excluding hydrogens is 447 g/mol. The molecule has 4 aromatic rings. The van der Waals surface area contributed by atoms with E-state index in [1.54, 1.807) is 62.0 Å². The number of benzene rings is 1. The van der Waals surface area contributed by atoms with Gasteiger partial charge in [0.05, 0.1) is 36.4 Å². The maximum absolute atomic E-state index is 15.0. The zero-order valence-electron chi connectivity index (χ0n) is 18.8. The monoisotopic (exact) mass is 470 g/mol. The number of imidazole rings is 1. The van der Waals surface area contributed by atoms with Gasteiger partial charge in [-0.15, -0.1) is 0 Å². The first-order valence-electron chi connectivity index (χ1n) is 10.0. The molecule has 0 fully saturated rings. The van der Waals surface area contributed by atoms with Crippen LogP contribution in [0.1, 0.15) is 20.8 Å². The fourth-order valence-corrected chi connectivity index (χ4v) is 4.76. The summed E-state index contributed by atoms with van der Waals surface area (Å²) in [5, 5.41) is 0. The van der Waals surface area contributed by atoms with Crippen molar-refractivity contribution in [1.82, 2.24) is 19.4 Å². The quantitative estimate of drug-likeness (QED) is 0.432. The number of hydrogen-bond acceptors (Lipinski definition) is 7. The van der Waals surface area contributed by atoms with Crippen LogP contribution in [0.25, 0.3) is 28.3 Å². The molecule has 0 radical (unpaired) electrons. The summed E-state index contributed by atoms with van der Waals surface area (Å²) in [6.45, 7) is 4.85. The molecule has 0 aliphatic rings. The molecule has 0 atom stereocenters. The van der Waals surface area contributed by atoms with Crippen LogP contribution in [0.5, 0.6) is 11.5 Å². The van der Waals surface area contributed by atoms with Gasteiger partial charge in [0.2, 0.25) is 0 Å². The van der Waals surface area contributed by atoms with Gasteiger partial charge in [0.25, 0.3) is 0 Å². The van der Waals surface area contributed by atoms with E-state index in [4.69, 9.17) is 9.47 Å². The van der Waals surface area contributed by atoms with E-state index in [1.807, 2.05) is 0 Å². The van der Waals surface area contributed by atoms with Gasteiger partial charge < -0.3 is 9.47 Å². The zero-order chi connectivity index (χ0) is 24.0. The van der Waals surface area contributed by atoms with Gasteiger partial charge in [-0.2, -0.15) is 0 Å². The van der Waals surface area contributed by atoms with Crippen LogP contribution in [0.3, 0.4) is 0 Å². The molecular formula is C23H23FN4O4S. The molecule has 4 rings (SSSR count). The average Bonchev–Trinajstić information content (AvgIpc) is 3.20. The second-order valence-corrected chi connectivity index (χ2v) is 11.0. The molecule has 0 saturated heterocycles. The van der Waals surface area contributed by atoms with E-state index in [9.17, 15) is 8.42 Å². The molecule has 0 N–H and O–H groups in total. The van der Waals surface area contributed by atoms with E-state index >= 15 is 4.39 Å². The second-order valence-electron chi connectivity index (χ2n) is 8.30. The van der Waals surface area contributed by atoms with Crippen molar-refractivity contribution in [3.63, 3.8) is 0 Å². The predicted octanol–water partition coefficient (Wildman–Crippen LogP) is 4.19. The van der Waals surface area contributed by atoms with Crippen molar-refractivity contribution in [3.05, 3.63) is 54.9 Å². The molecule has 3 heterocycles. The highest BCUT2D eigenvalue weighted by Gasteiger charge is 2.34. The SMILES string of the molecule is COc1cc2ncc(-c3cc(F)c(OC)c(-c4ncccn4)c3)n2cc1S(=O)(=O)C(C)(C)C. The molecule has 33 heavy (non-hydrogen) atoms. The molecule has 172 valence electrons. The Hall–Kier alpha value is -3.53. The van der Waals surface area contributed by atoms with Gasteiger partial charge in [-0.05, 0) is 39.0 Å². The Morgan fingerprint density at radius 3 is 2.30 bits per heavy atom. The van der Waals surface area contributed by atoms with Crippen molar-refractivity contribution in [1.29, 1.82) is 0 Å². The fourth-order valence-electron chi connectivity index (χ4n) is 3.44. The standard InChI is InChI=1S/C23H23FN4O4S/c1-23(2,3)33(29,30)19-13-28-17(12-27-20(28)11-18(19)31-4)14-9-15(21(32-5)16(24)10-14)22-25-7-6-8-26-22/h6-13H,1-5H3. The molecule has 0 aliphatic heterocycles. The van der Waals surface area contributed by atoms with Gasteiger partial charge in [0.1, 0.15) is 16.3 Å². The first-order chi connectivity index (χ1) is 15.6. The lowest BCUT2D eigenvalue weighted by molar-refractivity contribution is 0.388. The second kappa shape index (κ2) is 8.11. The molecule has 0 amide bonds. The minimum absolute atomic E-state index is 0.0106. The van der Waals surface area contributed by atoms with Crippen LogP contribution in [0.2, 0.25) is 0 Å². The van der Waals surface area contributed by atoms with Crippen LogP contribution in [0, 0.1) is 5.82 Å². The topological polar surface area (TPSA) is 95.7 Å². The summed E-state index contributed by atoms with van der Waals surface area (Å²) in [5.41, 5.74) is 1.74. The largest absolute Gasteiger partial charge is 0.495 e. The minimum atomic E-state index is -3.75. The molecule has 0 spiro atoms. The van der Waals surface area contributed by atoms with Gasteiger partial charge in [0.15, 0.2) is 27.2 Å². The molecule has 1 aromatic carbocycles. The zero-order valence-corrected chi connectivity index (χ0v) is 19.6. The molecule has 3 aromatic heterocycles. The predicted molar refractivity (Wildman–Crippen MR) is 122 cm³/mol. The fraction of sp³-hybridized carbons (Fsp3) is 0.261. The molecule has 0 bridgehead atoms. The number of nitrogens with zero attached hydrogens (tertiary/aromatic N) is 4. The molecule has 0 saturated carbocycles. The third-order valence-corrected chi connectivity index (χ3v) is 7.74. The Morgan fingerprint density at radius 1 is 1.00 bits per heavy atom. The van der Waals surface area contributed by atoms with Crippen LogP contribution < -0.4 is 9.47 Å². The van der Waals surface area contributed by atoms with E-state index in [-0.39, 0.29) is 16.4 Å². The summed E-state index contributed by atoms with van der Waals surface area (Å²) in [4.78, 5) is 12.8. The number of rotatable bonds is 5. The van der Waals surface area contributed by atoms with Crippen molar-refractivity contribution in [3.8, 4) is 34.1 Å². The molecule has 10 heteroatoms. The van der Waals surface area contributed by atoms with Crippen LogP contribution in [-0.2, 0) is 9.84 Å². The van der Waals surface area contributed by atoms with Crippen LogP contribution in [-0.4, -0.2) is 46.7 Å². The Labute approximate surface area is 191 Å². The normalized spacial score (nSPS) is 12.2. The maximum atomic E-state index is 15.0. The average molecular weight is 471 g/mol. The lowest BCUT2D eigenvalue weighted by atomic mass is 10.1. The number of pyridine rings is 1. The van der Waals surface area contributed by atoms with E-state index in [2.05, 4.69) is 15.0 Å². The van der Waals surface area contributed by atoms with Gasteiger partial charge in [-0.3, -0.25) is 4.40 Å². The van der Waals surface area contributed by atoms with Crippen LogP contribution >= 0.6 is 0 Å². The summed E-state index contributed by atoms with van der Waals surface area (Å²) in [6, 6.07) is 6.19. The van der Waals surface area contributed by atoms with Gasteiger partial charge in [0, 0.05) is 30.2 Å². The Balaban J connectivity index is 1.98. The van der Waals surface area contributed by atoms with Gasteiger partial charge in [-0.25, -0.2) is 27.8 Å². The van der Waals surface area contributed by atoms with E-state index < -0.39 is 20.4 Å². The first-order valence-corrected chi connectivity index (χ1v) is 11.5. The lowest BCUT2D eigenvalue weighted by Gasteiger charge is -2.21. The highest BCUT2D eigenvalue weighted by Crippen LogP contribution is 2.37. The van der Waals surface area contributed by atoms with E-state index in [0.717, 1.165) is 0 Å². The van der Waals surface area contributed by atoms with Gasteiger partial charge >= 0.3 is 0 Å². The number of fused-ring (bicyclic) bond motifs is 1. The molecule has 0 unspecified atom stereocenters. The third-order valence-electron chi connectivity index (χ3n) is 5.24. The molecule has 0 aliphatic carbocycles. The first kappa shape index (κ1) is 22.7. The van der Waals surface area contributed by atoms with Crippen molar-refractivity contribution in [2.75, 3.05) is 14.2 Å². The Morgan fingerprint density at radius 2 is 1.70 bits per heavy atom. The number of aromatic nitrogens is 4. The minimum Gasteiger partial charge on any atom is -0.495 e. The summed E-state index contributed by atoms with van der Waals surface area (Å²) in [5.74, 6) is -0.115. The van der Waals surface area contributed by atoms with E-state index in [1.165, 1.54) is 26.5 Å². The summed E-state index contributed by atoms with van der Waals surface area (Å²) >= 11 is 0. The number of hydrogen-bond donors (Lipinski definition) is 0. The third kappa shape index (κ3) is 3.80.